The van der Waals surface area contributed by atoms with Crippen LogP contribution >= 0.6 is 11.3 Å². The molecule has 2 aromatic carbocycles. The van der Waals surface area contributed by atoms with Crippen LogP contribution in [-0.2, 0) is 16.1 Å². The number of nitrogens with one attached hydrogen (secondary N) is 1. The molecule has 4 heteroatoms. The van der Waals surface area contributed by atoms with Gasteiger partial charge in [-0.3, -0.25) is 4.79 Å². The highest BCUT2D eigenvalue weighted by Gasteiger charge is 2.25. The molecule has 0 aliphatic carbocycles. The van der Waals surface area contributed by atoms with Crippen LogP contribution in [0.1, 0.15) is 17.5 Å². The van der Waals surface area contributed by atoms with Crippen molar-refractivity contribution >= 4 is 33.0 Å². The van der Waals surface area contributed by atoms with Gasteiger partial charge in [0.15, 0.2) is 0 Å². The number of benzene rings is 2. The summed E-state index contributed by atoms with van der Waals surface area (Å²) in [6, 6.07) is 18.0. The molecule has 1 aromatic heterocycles. The lowest BCUT2D eigenvalue weighted by atomic mass is 9.95. The highest BCUT2D eigenvalue weighted by molar-refractivity contribution is 7.17. The lowest BCUT2D eigenvalue weighted by Crippen LogP contribution is -2.40. The lowest BCUT2D eigenvalue weighted by Gasteiger charge is -2.23. The van der Waals surface area contributed by atoms with E-state index in [2.05, 4.69) is 41.0 Å². The molecule has 1 unspecified atom stereocenters. The van der Waals surface area contributed by atoms with Crippen molar-refractivity contribution in [1.82, 2.24) is 5.32 Å². The monoisotopic (exact) mass is 349 g/mol. The fraction of sp³-hybridized carbons (Fsp3) is 0.190. The molecule has 0 saturated heterocycles. The minimum atomic E-state index is -0.293. The van der Waals surface area contributed by atoms with Crippen LogP contribution in [0.25, 0.3) is 15.7 Å². The Morgan fingerprint density at radius 2 is 2.00 bits per heavy atom. The lowest BCUT2D eigenvalue weighted by molar-refractivity contribution is -0.147. The van der Waals surface area contributed by atoms with Crippen molar-refractivity contribution in [3.63, 3.8) is 0 Å². The second-order valence-electron chi connectivity index (χ2n) is 6.13. The number of rotatable bonds is 4. The van der Waals surface area contributed by atoms with Gasteiger partial charge < -0.3 is 10.1 Å². The molecule has 3 nitrogen and oxygen atoms in total. The molecule has 3 aromatic rings. The number of ether oxygens (including phenoxy) is 1. The highest BCUT2D eigenvalue weighted by atomic mass is 32.1. The van der Waals surface area contributed by atoms with Crippen molar-refractivity contribution in [1.29, 1.82) is 0 Å². The number of carbonyl (C=O) groups excluding carboxylic acids is 1. The van der Waals surface area contributed by atoms with Gasteiger partial charge in [-0.05, 0) is 40.0 Å². The number of hydrogen-bond donors (Lipinski definition) is 1. The van der Waals surface area contributed by atoms with Gasteiger partial charge in [0.1, 0.15) is 12.6 Å². The molecule has 1 aliphatic heterocycles. The Morgan fingerprint density at radius 1 is 1.12 bits per heavy atom. The maximum atomic E-state index is 12.5. The van der Waals surface area contributed by atoms with E-state index in [1.54, 1.807) is 11.3 Å². The van der Waals surface area contributed by atoms with Crippen molar-refractivity contribution in [2.75, 3.05) is 6.54 Å². The SMILES string of the molecule is O=C(OCc1ccccc1)C1CC(c2cccc3ccsc23)=CCN1. The van der Waals surface area contributed by atoms with E-state index in [9.17, 15) is 4.79 Å². The molecule has 1 aliphatic rings. The molecule has 0 spiro atoms. The normalized spacial score (nSPS) is 17.3. The van der Waals surface area contributed by atoms with Crippen molar-refractivity contribution in [2.24, 2.45) is 0 Å². The molecule has 2 heterocycles. The van der Waals surface area contributed by atoms with Gasteiger partial charge in [0.25, 0.3) is 0 Å². The van der Waals surface area contributed by atoms with E-state index in [1.165, 1.54) is 21.2 Å². The number of fused-ring (bicyclic) bond motifs is 1. The summed E-state index contributed by atoms with van der Waals surface area (Å²) in [5.41, 5.74) is 3.45. The van der Waals surface area contributed by atoms with Crippen LogP contribution in [0.4, 0.5) is 0 Å². The van der Waals surface area contributed by atoms with E-state index in [0.29, 0.717) is 19.6 Å². The van der Waals surface area contributed by atoms with E-state index in [4.69, 9.17) is 4.74 Å². The molecule has 4 rings (SSSR count). The first kappa shape index (κ1) is 16.1. The molecule has 126 valence electrons. The Kier molecular flexibility index (Phi) is 4.63. The third kappa shape index (κ3) is 3.50. The van der Waals surface area contributed by atoms with Gasteiger partial charge in [0.2, 0.25) is 0 Å². The summed E-state index contributed by atoms with van der Waals surface area (Å²) in [6.45, 7) is 1.000. The summed E-state index contributed by atoms with van der Waals surface area (Å²) < 4.78 is 6.78. The third-order valence-electron chi connectivity index (χ3n) is 4.47. The predicted molar refractivity (Wildman–Crippen MR) is 102 cm³/mol. The molecule has 25 heavy (non-hydrogen) atoms. The molecule has 0 saturated carbocycles. The minimum absolute atomic E-state index is 0.187. The van der Waals surface area contributed by atoms with E-state index in [-0.39, 0.29) is 12.0 Å². The Hall–Kier alpha value is -2.43. The Labute approximate surface area is 150 Å². The van der Waals surface area contributed by atoms with Gasteiger partial charge in [-0.25, -0.2) is 0 Å². The topological polar surface area (TPSA) is 38.3 Å². The minimum Gasteiger partial charge on any atom is -0.460 e. The first-order valence-corrected chi connectivity index (χ1v) is 9.29. The van der Waals surface area contributed by atoms with Crippen LogP contribution in [-0.4, -0.2) is 18.6 Å². The van der Waals surface area contributed by atoms with Crippen molar-refractivity contribution < 1.29 is 9.53 Å². The second-order valence-corrected chi connectivity index (χ2v) is 7.05. The van der Waals surface area contributed by atoms with Crippen LogP contribution < -0.4 is 5.32 Å². The van der Waals surface area contributed by atoms with Crippen LogP contribution in [0, 0.1) is 0 Å². The Balaban J connectivity index is 1.46. The summed E-state index contributed by atoms with van der Waals surface area (Å²) in [7, 11) is 0. The van der Waals surface area contributed by atoms with Crippen LogP contribution in [0.2, 0.25) is 0 Å². The standard InChI is InChI=1S/C21H19NO2S/c23-21(24-14-15-5-2-1-3-6-15)19-13-17(9-11-22-19)18-8-4-7-16-10-12-25-20(16)18/h1-10,12,19,22H,11,13-14H2. The van der Waals surface area contributed by atoms with Crippen molar-refractivity contribution in [3.8, 4) is 0 Å². The summed E-state index contributed by atoms with van der Waals surface area (Å²) in [5, 5.41) is 6.62. The Morgan fingerprint density at radius 3 is 2.88 bits per heavy atom. The van der Waals surface area contributed by atoms with Gasteiger partial charge in [0.05, 0.1) is 0 Å². The number of hydrogen-bond acceptors (Lipinski definition) is 4. The van der Waals surface area contributed by atoms with Crippen molar-refractivity contribution in [2.45, 2.75) is 19.1 Å². The second kappa shape index (κ2) is 7.21. The molecule has 0 radical (unpaired) electrons. The zero-order chi connectivity index (χ0) is 17.1. The van der Waals surface area contributed by atoms with E-state index in [1.807, 2.05) is 30.3 Å². The van der Waals surface area contributed by atoms with Gasteiger partial charge in [-0.1, -0.05) is 54.6 Å². The molecule has 1 atom stereocenters. The average molecular weight is 349 g/mol. The first-order chi connectivity index (χ1) is 12.3. The van der Waals surface area contributed by atoms with Crippen LogP contribution in [0.5, 0.6) is 0 Å². The third-order valence-corrected chi connectivity index (χ3v) is 5.43. The van der Waals surface area contributed by atoms with Gasteiger partial charge in [0, 0.05) is 11.2 Å². The molecule has 0 amide bonds. The predicted octanol–water partition coefficient (Wildman–Crippen LogP) is 4.39. The maximum absolute atomic E-state index is 12.5. The molecular weight excluding hydrogens is 330 g/mol. The molecule has 0 bridgehead atoms. The van der Waals surface area contributed by atoms with E-state index < -0.39 is 0 Å². The summed E-state index contributed by atoms with van der Waals surface area (Å²) >= 11 is 1.75. The molecular formula is C21H19NO2S. The highest BCUT2D eigenvalue weighted by Crippen LogP contribution is 2.32. The largest absolute Gasteiger partial charge is 0.460 e. The quantitative estimate of drug-likeness (QED) is 0.710. The van der Waals surface area contributed by atoms with E-state index in [0.717, 1.165) is 5.56 Å². The Bertz CT molecular complexity index is 914. The van der Waals surface area contributed by atoms with Gasteiger partial charge in [-0.15, -0.1) is 11.3 Å². The molecule has 1 N–H and O–H groups in total. The van der Waals surface area contributed by atoms with Crippen LogP contribution in [0.3, 0.4) is 0 Å². The zero-order valence-corrected chi connectivity index (χ0v) is 14.6. The van der Waals surface area contributed by atoms with Gasteiger partial charge in [-0.2, -0.15) is 0 Å². The number of esters is 1. The average Bonchev–Trinajstić information content (AvgIpc) is 3.16. The maximum Gasteiger partial charge on any atom is 0.323 e. The first-order valence-electron chi connectivity index (χ1n) is 8.41. The van der Waals surface area contributed by atoms with Crippen LogP contribution in [0.15, 0.2) is 66.1 Å². The molecule has 0 fully saturated rings. The fourth-order valence-electron chi connectivity index (χ4n) is 3.16. The zero-order valence-electron chi connectivity index (χ0n) is 13.8. The smallest absolute Gasteiger partial charge is 0.323 e. The van der Waals surface area contributed by atoms with Crippen molar-refractivity contribution in [3.05, 3.63) is 77.2 Å². The fourth-order valence-corrected chi connectivity index (χ4v) is 4.11. The number of carbonyl (C=O) groups is 1. The summed E-state index contributed by atoms with van der Waals surface area (Å²) in [4.78, 5) is 12.5. The summed E-state index contributed by atoms with van der Waals surface area (Å²) in [6.07, 6.45) is 2.83. The number of thiophene rings is 1. The van der Waals surface area contributed by atoms with Gasteiger partial charge >= 0.3 is 5.97 Å². The summed E-state index contributed by atoms with van der Waals surface area (Å²) in [5.74, 6) is -0.187. The van der Waals surface area contributed by atoms with E-state index >= 15 is 0 Å².